The molecule has 0 N–H and O–H groups in total. The van der Waals surface area contributed by atoms with Crippen LogP contribution in [0.5, 0.6) is 0 Å². The molecule has 4 fully saturated rings. The van der Waals surface area contributed by atoms with Gasteiger partial charge in [0.2, 0.25) is 0 Å². The maximum Gasteiger partial charge on any atom is 0.158 e. The third-order valence-electron chi connectivity index (χ3n) is 7.97. The molecular weight excluding hydrogens is 416 g/mol. The summed E-state index contributed by atoms with van der Waals surface area (Å²) in [5.41, 5.74) is 0. The minimum atomic E-state index is -0.0395. The van der Waals surface area contributed by atoms with Gasteiger partial charge in [0.1, 0.15) is 0 Å². The number of rotatable bonds is 13. The molecule has 3 aliphatic heterocycles. The fourth-order valence-electron chi connectivity index (χ4n) is 6.04. The maximum absolute atomic E-state index is 6.50. The molecule has 0 aromatic heterocycles. The Kier molecular flexibility index (Phi) is 11.0. The van der Waals surface area contributed by atoms with Gasteiger partial charge >= 0.3 is 0 Å². The van der Waals surface area contributed by atoms with Crippen molar-refractivity contribution in [3.63, 3.8) is 0 Å². The van der Waals surface area contributed by atoms with Gasteiger partial charge in [-0.3, -0.25) is 0 Å². The Labute approximate surface area is 201 Å². The van der Waals surface area contributed by atoms with Crippen molar-refractivity contribution in [3.05, 3.63) is 12.2 Å². The Hall–Kier alpha value is -0.460. The Balaban J connectivity index is 1.34. The van der Waals surface area contributed by atoms with Gasteiger partial charge < -0.3 is 23.7 Å². The van der Waals surface area contributed by atoms with E-state index in [1.165, 1.54) is 51.4 Å². The third kappa shape index (κ3) is 8.03. The zero-order chi connectivity index (χ0) is 22.7. The van der Waals surface area contributed by atoms with Crippen LogP contribution in [0.1, 0.15) is 103 Å². The topological polar surface area (TPSA) is 46.2 Å². The molecule has 0 spiro atoms. The summed E-state index contributed by atoms with van der Waals surface area (Å²) in [5, 5.41) is 0. The SMILES string of the molecule is CCCCCCCCC(/C=C/[C@@H]1[C@H]2CCO[C@H]2C[C@H]1OC1CCCCO1)OC1CCCCO1. The molecule has 0 amide bonds. The first-order valence-corrected chi connectivity index (χ1v) is 14.2. The van der Waals surface area contributed by atoms with Crippen molar-refractivity contribution < 1.29 is 23.7 Å². The van der Waals surface area contributed by atoms with Crippen LogP contribution < -0.4 is 0 Å². The summed E-state index contributed by atoms with van der Waals surface area (Å²) >= 11 is 0. The fraction of sp³-hybridized carbons (Fsp3) is 0.929. The van der Waals surface area contributed by atoms with Crippen LogP contribution in [-0.4, -0.2) is 50.7 Å². The molecule has 4 rings (SSSR count). The lowest BCUT2D eigenvalue weighted by Crippen LogP contribution is -2.31. The summed E-state index contributed by atoms with van der Waals surface area (Å²) < 4.78 is 30.8. The highest BCUT2D eigenvalue weighted by molar-refractivity contribution is 5.07. The zero-order valence-corrected chi connectivity index (χ0v) is 21.0. The van der Waals surface area contributed by atoms with Gasteiger partial charge in [0.05, 0.1) is 18.3 Å². The van der Waals surface area contributed by atoms with Gasteiger partial charge in [0.15, 0.2) is 12.6 Å². The summed E-state index contributed by atoms with van der Waals surface area (Å²) in [7, 11) is 0. The molecular formula is C28H48O5. The second-order valence-corrected chi connectivity index (χ2v) is 10.6. The molecule has 0 aromatic carbocycles. The minimum Gasteiger partial charge on any atom is -0.378 e. The van der Waals surface area contributed by atoms with Gasteiger partial charge in [0, 0.05) is 32.2 Å². The molecule has 3 unspecified atom stereocenters. The van der Waals surface area contributed by atoms with Crippen molar-refractivity contribution in [2.24, 2.45) is 11.8 Å². The van der Waals surface area contributed by atoms with Crippen LogP contribution in [0.15, 0.2) is 12.2 Å². The largest absolute Gasteiger partial charge is 0.378 e. The molecule has 5 heteroatoms. The predicted octanol–water partition coefficient (Wildman–Crippen LogP) is 6.54. The van der Waals surface area contributed by atoms with E-state index in [1.54, 1.807) is 0 Å². The molecule has 0 bridgehead atoms. The van der Waals surface area contributed by atoms with E-state index in [0.29, 0.717) is 17.9 Å². The first-order chi connectivity index (χ1) is 16.3. The Morgan fingerprint density at radius 2 is 1.58 bits per heavy atom. The molecule has 190 valence electrons. The molecule has 0 aromatic rings. The summed E-state index contributed by atoms with van der Waals surface area (Å²) in [6.07, 6.45) is 23.2. The fourth-order valence-corrected chi connectivity index (χ4v) is 6.04. The normalized spacial score (nSPS) is 35.8. The highest BCUT2D eigenvalue weighted by atomic mass is 16.7. The number of hydrogen-bond donors (Lipinski definition) is 0. The van der Waals surface area contributed by atoms with E-state index in [-0.39, 0.29) is 24.8 Å². The van der Waals surface area contributed by atoms with Crippen LogP contribution in [0.25, 0.3) is 0 Å². The van der Waals surface area contributed by atoms with Gasteiger partial charge in [-0.2, -0.15) is 0 Å². The minimum absolute atomic E-state index is 0.0377. The van der Waals surface area contributed by atoms with Crippen molar-refractivity contribution in [2.45, 2.75) is 134 Å². The van der Waals surface area contributed by atoms with Gasteiger partial charge in [-0.15, -0.1) is 0 Å². The van der Waals surface area contributed by atoms with E-state index in [9.17, 15) is 0 Å². The second kappa shape index (κ2) is 14.2. The van der Waals surface area contributed by atoms with Crippen molar-refractivity contribution in [3.8, 4) is 0 Å². The molecule has 3 heterocycles. The monoisotopic (exact) mass is 464 g/mol. The van der Waals surface area contributed by atoms with E-state index in [1.807, 2.05) is 0 Å². The predicted molar refractivity (Wildman–Crippen MR) is 130 cm³/mol. The van der Waals surface area contributed by atoms with Crippen LogP contribution >= 0.6 is 0 Å². The van der Waals surface area contributed by atoms with Crippen LogP contribution in [-0.2, 0) is 23.7 Å². The van der Waals surface area contributed by atoms with Gasteiger partial charge in [-0.1, -0.05) is 57.6 Å². The lowest BCUT2D eigenvalue weighted by molar-refractivity contribution is -0.194. The van der Waals surface area contributed by atoms with Gasteiger partial charge in [-0.25, -0.2) is 0 Å². The summed E-state index contributed by atoms with van der Waals surface area (Å²) in [4.78, 5) is 0. The number of hydrogen-bond acceptors (Lipinski definition) is 5. The average Bonchev–Trinajstić information content (AvgIpc) is 3.42. The molecule has 3 saturated heterocycles. The molecule has 5 nitrogen and oxygen atoms in total. The smallest absolute Gasteiger partial charge is 0.158 e. The first-order valence-electron chi connectivity index (χ1n) is 14.2. The van der Waals surface area contributed by atoms with Crippen LogP contribution in [0.3, 0.4) is 0 Å². The lowest BCUT2D eigenvalue weighted by Gasteiger charge is -2.29. The Bertz CT molecular complexity index is 554. The Morgan fingerprint density at radius 1 is 0.818 bits per heavy atom. The zero-order valence-electron chi connectivity index (χ0n) is 21.0. The summed E-state index contributed by atoms with van der Waals surface area (Å²) in [5.74, 6) is 0.960. The molecule has 0 radical (unpaired) electrons. The van der Waals surface area contributed by atoms with Gasteiger partial charge in [-0.05, 0) is 57.3 Å². The molecule has 1 saturated carbocycles. The van der Waals surface area contributed by atoms with Crippen LogP contribution in [0, 0.1) is 11.8 Å². The van der Waals surface area contributed by atoms with Crippen molar-refractivity contribution >= 4 is 0 Å². The molecule has 33 heavy (non-hydrogen) atoms. The summed E-state index contributed by atoms with van der Waals surface area (Å²) in [6.45, 7) is 4.83. The maximum atomic E-state index is 6.50. The third-order valence-corrected chi connectivity index (χ3v) is 7.97. The highest BCUT2D eigenvalue weighted by Crippen LogP contribution is 2.44. The van der Waals surface area contributed by atoms with Crippen LogP contribution in [0.2, 0.25) is 0 Å². The van der Waals surface area contributed by atoms with Crippen molar-refractivity contribution in [2.75, 3.05) is 19.8 Å². The molecule has 4 aliphatic rings. The van der Waals surface area contributed by atoms with E-state index in [4.69, 9.17) is 23.7 Å². The average molecular weight is 465 g/mol. The van der Waals surface area contributed by atoms with Crippen LogP contribution in [0.4, 0.5) is 0 Å². The van der Waals surface area contributed by atoms with Gasteiger partial charge in [0.25, 0.3) is 0 Å². The molecule has 7 atom stereocenters. The number of unbranched alkanes of at least 4 members (excludes halogenated alkanes) is 5. The first kappa shape index (κ1) is 25.6. The number of ether oxygens (including phenoxy) is 5. The molecule has 1 aliphatic carbocycles. The Morgan fingerprint density at radius 3 is 2.33 bits per heavy atom. The standard InChI is InChI=1S/C28H48O5/c1-2-3-4-5-6-7-12-22(32-27-13-8-10-18-30-27)15-16-23-24-17-20-29-25(24)21-26(23)33-28-14-9-11-19-31-28/h15-16,22-28H,2-14,17-21H2,1H3/b16-15+/t22?,23-,24-,25+,26-,27?,28?/m1/s1. The number of fused-ring (bicyclic) bond motifs is 1. The van der Waals surface area contributed by atoms with Crippen molar-refractivity contribution in [1.29, 1.82) is 0 Å². The highest BCUT2D eigenvalue weighted by Gasteiger charge is 2.46. The van der Waals surface area contributed by atoms with E-state index >= 15 is 0 Å². The summed E-state index contributed by atoms with van der Waals surface area (Å²) in [6, 6.07) is 0. The van der Waals surface area contributed by atoms with E-state index in [2.05, 4.69) is 19.1 Å². The second-order valence-electron chi connectivity index (χ2n) is 10.6. The van der Waals surface area contributed by atoms with Crippen molar-refractivity contribution in [1.82, 2.24) is 0 Å². The quantitative estimate of drug-likeness (QED) is 0.229. The lowest BCUT2D eigenvalue weighted by atomic mass is 9.91. The van der Waals surface area contributed by atoms with E-state index in [0.717, 1.165) is 64.8 Å². The van der Waals surface area contributed by atoms with E-state index < -0.39 is 0 Å².